The molecule has 1 heterocycles. The van der Waals surface area contributed by atoms with Gasteiger partial charge in [-0.05, 0) is 64.9 Å². The van der Waals surface area contributed by atoms with Crippen LogP contribution in [0.5, 0.6) is 0 Å². The molecule has 134 valence electrons. The third-order valence-corrected chi connectivity index (χ3v) is 4.26. The first kappa shape index (κ1) is 18.7. The van der Waals surface area contributed by atoms with E-state index in [-0.39, 0.29) is 5.91 Å². The number of piperazine rings is 1. The molecular formula is C18H31N5O. The van der Waals surface area contributed by atoms with E-state index in [9.17, 15) is 4.79 Å². The van der Waals surface area contributed by atoms with Crippen molar-refractivity contribution < 1.29 is 4.79 Å². The van der Waals surface area contributed by atoms with Gasteiger partial charge in [0.05, 0.1) is 6.54 Å². The van der Waals surface area contributed by atoms with Crippen LogP contribution in [-0.4, -0.2) is 82.7 Å². The Kier molecular flexibility index (Phi) is 7.49. The van der Waals surface area contributed by atoms with E-state index in [1.54, 1.807) is 0 Å². The number of hydrogen-bond donors (Lipinski definition) is 2. The van der Waals surface area contributed by atoms with Gasteiger partial charge in [-0.25, -0.2) is 0 Å². The zero-order valence-electron chi connectivity index (χ0n) is 15.2. The van der Waals surface area contributed by atoms with Crippen LogP contribution in [0.1, 0.15) is 6.42 Å². The molecule has 2 N–H and O–H groups in total. The average Bonchev–Trinajstić information content (AvgIpc) is 2.56. The summed E-state index contributed by atoms with van der Waals surface area (Å²) in [4.78, 5) is 18.8. The number of nitrogens with one attached hydrogen (secondary N) is 2. The first-order valence-electron chi connectivity index (χ1n) is 8.73. The largest absolute Gasteiger partial charge is 0.369 e. The second-order valence-corrected chi connectivity index (χ2v) is 6.72. The highest BCUT2D eigenvalue weighted by Crippen LogP contribution is 2.19. The minimum absolute atomic E-state index is 0.00667. The van der Waals surface area contributed by atoms with E-state index in [0.717, 1.165) is 51.4 Å². The maximum absolute atomic E-state index is 11.9. The molecular weight excluding hydrogens is 302 g/mol. The Morgan fingerprint density at radius 3 is 2.42 bits per heavy atom. The van der Waals surface area contributed by atoms with Crippen LogP contribution in [0.2, 0.25) is 0 Å². The maximum atomic E-state index is 11.9. The Bertz CT molecular complexity index is 495. The Morgan fingerprint density at radius 2 is 1.79 bits per heavy atom. The molecule has 0 saturated carbocycles. The summed E-state index contributed by atoms with van der Waals surface area (Å²) in [6.45, 7) is 6.54. The lowest BCUT2D eigenvalue weighted by atomic mass is 10.2. The number of carbonyl (C=O) groups excluding carboxylic acids is 1. The standard InChI is InChI=1S/C18H31N5O/c1-21(2)10-4-9-19-15-18(24)20-16-5-7-17(8-6-16)23-13-11-22(3)12-14-23/h5-8,19H,4,9-15H2,1-3H3,(H,20,24). The van der Waals surface area contributed by atoms with Crippen LogP contribution in [0.3, 0.4) is 0 Å². The van der Waals surface area contributed by atoms with Gasteiger partial charge in [0.25, 0.3) is 0 Å². The second-order valence-electron chi connectivity index (χ2n) is 6.72. The summed E-state index contributed by atoms with van der Waals surface area (Å²) in [5.74, 6) is 0.00667. The predicted octanol–water partition coefficient (Wildman–Crippen LogP) is 0.918. The van der Waals surface area contributed by atoms with Crippen molar-refractivity contribution in [2.24, 2.45) is 0 Å². The summed E-state index contributed by atoms with van der Waals surface area (Å²) in [5.41, 5.74) is 2.08. The molecule has 0 aromatic heterocycles. The van der Waals surface area contributed by atoms with E-state index in [1.807, 2.05) is 12.1 Å². The SMILES string of the molecule is CN(C)CCCNCC(=O)Nc1ccc(N2CCN(C)CC2)cc1. The summed E-state index contributed by atoms with van der Waals surface area (Å²) in [5, 5.41) is 6.12. The smallest absolute Gasteiger partial charge is 0.238 e. The molecule has 0 aliphatic carbocycles. The first-order chi connectivity index (χ1) is 11.5. The minimum Gasteiger partial charge on any atom is -0.369 e. The topological polar surface area (TPSA) is 50.9 Å². The molecule has 1 aliphatic rings. The van der Waals surface area contributed by atoms with Crippen molar-refractivity contribution in [3.63, 3.8) is 0 Å². The molecule has 1 aromatic rings. The van der Waals surface area contributed by atoms with Gasteiger partial charge in [-0.2, -0.15) is 0 Å². The predicted molar refractivity (Wildman–Crippen MR) is 101 cm³/mol. The molecule has 24 heavy (non-hydrogen) atoms. The van der Waals surface area contributed by atoms with Crippen molar-refractivity contribution in [2.45, 2.75) is 6.42 Å². The van der Waals surface area contributed by atoms with Crippen LogP contribution >= 0.6 is 0 Å². The zero-order valence-corrected chi connectivity index (χ0v) is 15.2. The fraction of sp³-hybridized carbons (Fsp3) is 0.611. The van der Waals surface area contributed by atoms with Gasteiger partial charge in [0.1, 0.15) is 0 Å². The molecule has 1 amide bonds. The third kappa shape index (κ3) is 6.47. The highest BCUT2D eigenvalue weighted by molar-refractivity contribution is 5.92. The summed E-state index contributed by atoms with van der Waals surface area (Å²) in [6.07, 6.45) is 1.04. The van der Waals surface area contributed by atoms with Gasteiger partial charge in [-0.1, -0.05) is 0 Å². The number of benzene rings is 1. The lowest BCUT2D eigenvalue weighted by molar-refractivity contribution is -0.115. The molecule has 6 heteroatoms. The summed E-state index contributed by atoms with van der Waals surface area (Å²) in [6, 6.07) is 8.14. The monoisotopic (exact) mass is 333 g/mol. The van der Waals surface area contributed by atoms with Gasteiger partial charge in [0.2, 0.25) is 5.91 Å². The van der Waals surface area contributed by atoms with Crippen LogP contribution in [0.4, 0.5) is 11.4 Å². The molecule has 1 aromatic carbocycles. The molecule has 0 bridgehead atoms. The highest BCUT2D eigenvalue weighted by Gasteiger charge is 2.14. The van der Waals surface area contributed by atoms with Crippen LogP contribution in [0.15, 0.2) is 24.3 Å². The molecule has 1 saturated heterocycles. The van der Waals surface area contributed by atoms with Crippen molar-refractivity contribution in [3.05, 3.63) is 24.3 Å². The number of rotatable bonds is 8. The molecule has 2 rings (SSSR count). The fourth-order valence-corrected chi connectivity index (χ4v) is 2.75. The van der Waals surface area contributed by atoms with Gasteiger partial charge >= 0.3 is 0 Å². The summed E-state index contributed by atoms with van der Waals surface area (Å²) >= 11 is 0. The van der Waals surface area contributed by atoms with Crippen molar-refractivity contribution >= 4 is 17.3 Å². The number of anilines is 2. The van der Waals surface area contributed by atoms with Crippen molar-refractivity contribution in [2.75, 3.05) is 77.2 Å². The molecule has 1 aliphatic heterocycles. The van der Waals surface area contributed by atoms with E-state index in [2.05, 4.69) is 58.6 Å². The van der Waals surface area contributed by atoms with Crippen LogP contribution in [0.25, 0.3) is 0 Å². The van der Waals surface area contributed by atoms with Gasteiger partial charge in [-0.15, -0.1) is 0 Å². The number of carbonyl (C=O) groups is 1. The Hall–Kier alpha value is -1.63. The van der Waals surface area contributed by atoms with Gasteiger partial charge in [0.15, 0.2) is 0 Å². The summed E-state index contributed by atoms with van der Waals surface area (Å²) < 4.78 is 0. The van der Waals surface area contributed by atoms with E-state index in [0.29, 0.717) is 6.54 Å². The molecule has 0 unspecified atom stereocenters. The maximum Gasteiger partial charge on any atom is 0.238 e. The van der Waals surface area contributed by atoms with Gasteiger partial charge < -0.3 is 25.3 Å². The van der Waals surface area contributed by atoms with Crippen molar-refractivity contribution in [1.29, 1.82) is 0 Å². The Balaban J connectivity index is 1.70. The second kappa shape index (κ2) is 9.61. The third-order valence-electron chi connectivity index (χ3n) is 4.26. The van der Waals surface area contributed by atoms with Crippen molar-refractivity contribution in [3.8, 4) is 0 Å². The molecule has 0 radical (unpaired) electrons. The van der Waals surface area contributed by atoms with Gasteiger partial charge in [0, 0.05) is 37.6 Å². The van der Waals surface area contributed by atoms with E-state index < -0.39 is 0 Å². The number of likely N-dealkylation sites (N-methyl/N-ethyl adjacent to an activating group) is 1. The Labute approximate surface area is 145 Å². The lowest BCUT2D eigenvalue weighted by Crippen LogP contribution is -2.44. The van der Waals surface area contributed by atoms with E-state index in [4.69, 9.17) is 0 Å². The zero-order chi connectivity index (χ0) is 17.4. The molecule has 0 atom stereocenters. The fourth-order valence-electron chi connectivity index (χ4n) is 2.75. The number of nitrogens with zero attached hydrogens (tertiary/aromatic N) is 3. The number of amides is 1. The first-order valence-corrected chi connectivity index (χ1v) is 8.73. The Morgan fingerprint density at radius 1 is 1.12 bits per heavy atom. The van der Waals surface area contributed by atoms with Gasteiger partial charge in [-0.3, -0.25) is 4.79 Å². The number of hydrogen-bond acceptors (Lipinski definition) is 5. The summed E-state index contributed by atoms with van der Waals surface area (Å²) in [7, 11) is 6.27. The van der Waals surface area contributed by atoms with Crippen LogP contribution in [0, 0.1) is 0 Å². The van der Waals surface area contributed by atoms with E-state index in [1.165, 1.54) is 5.69 Å². The molecule has 0 spiro atoms. The quantitative estimate of drug-likeness (QED) is 0.693. The average molecular weight is 333 g/mol. The molecule has 1 fully saturated rings. The normalized spacial score (nSPS) is 15.8. The van der Waals surface area contributed by atoms with E-state index >= 15 is 0 Å². The van der Waals surface area contributed by atoms with Crippen molar-refractivity contribution in [1.82, 2.24) is 15.1 Å². The van der Waals surface area contributed by atoms with Crippen LogP contribution < -0.4 is 15.5 Å². The minimum atomic E-state index is 0.00667. The highest BCUT2D eigenvalue weighted by atomic mass is 16.1. The lowest BCUT2D eigenvalue weighted by Gasteiger charge is -2.34. The molecule has 6 nitrogen and oxygen atoms in total. The van der Waals surface area contributed by atoms with Crippen LogP contribution in [-0.2, 0) is 4.79 Å².